The SMILES string of the molecule is CC(C)(C)N1CC2(C=CC([Se]c3ccccc3)c3ccccc32)C(Cl)(Cl)C1=O. The molecule has 1 aliphatic carbocycles. The summed E-state index contributed by atoms with van der Waals surface area (Å²) in [6.07, 6.45) is 4.32. The standard InChI is InChI=1S/C23H23Cl2NOSe/c1-21(2,3)26-15-22(23(24,25)20(26)27)14-13-19(17-11-7-8-12-18(17)22)28-16-9-5-4-6-10-16/h4-14,19H,15H2,1-3H3. The van der Waals surface area contributed by atoms with Crippen LogP contribution in [0.25, 0.3) is 0 Å². The average molecular weight is 479 g/mol. The van der Waals surface area contributed by atoms with Crippen LogP contribution in [-0.4, -0.2) is 42.2 Å². The molecular weight excluding hydrogens is 456 g/mol. The zero-order valence-corrected chi connectivity index (χ0v) is 19.4. The van der Waals surface area contributed by atoms with Crippen molar-refractivity contribution in [1.29, 1.82) is 0 Å². The molecule has 2 nitrogen and oxygen atoms in total. The second kappa shape index (κ2) is 6.92. The summed E-state index contributed by atoms with van der Waals surface area (Å²) in [6, 6.07) is 18.9. The molecule has 146 valence electrons. The third-order valence-corrected chi connectivity index (χ3v) is 9.14. The third-order valence-electron chi connectivity index (χ3n) is 5.60. The Morgan fingerprint density at radius 3 is 2.32 bits per heavy atom. The summed E-state index contributed by atoms with van der Waals surface area (Å²) in [7, 11) is 0. The van der Waals surface area contributed by atoms with Crippen LogP contribution < -0.4 is 4.46 Å². The number of alkyl halides is 2. The number of hydrogen-bond acceptors (Lipinski definition) is 1. The molecule has 2 aromatic carbocycles. The van der Waals surface area contributed by atoms with Gasteiger partial charge in [-0.15, -0.1) is 0 Å². The van der Waals surface area contributed by atoms with Gasteiger partial charge in [-0.2, -0.15) is 0 Å². The van der Waals surface area contributed by atoms with E-state index in [1.165, 1.54) is 10.0 Å². The van der Waals surface area contributed by atoms with Gasteiger partial charge < -0.3 is 0 Å². The number of halogens is 2. The second-order valence-corrected chi connectivity index (χ2v) is 12.3. The Balaban J connectivity index is 1.80. The molecule has 1 spiro atoms. The summed E-state index contributed by atoms with van der Waals surface area (Å²) >= 11 is 13.9. The normalized spacial score (nSPS) is 26.0. The number of allylic oxidation sites excluding steroid dienone is 1. The molecule has 1 saturated heterocycles. The topological polar surface area (TPSA) is 20.3 Å². The van der Waals surface area contributed by atoms with Crippen molar-refractivity contribution in [3.63, 3.8) is 0 Å². The Morgan fingerprint density at radius 1 is 1.04 bits per heavy atom. The predicted octanol–water partition coefficient (Wildman–Crippen LogP) is 4.38. The number of carbonyl (C=O) groups is 1. The Morgan fingerprint density at radius 2 is 1.68 bits per heavy atom. The quantitative estimate of drug-likeness (QED) is 0.356. The van der Waals surface area contributed by atoms with Crippen LogP contribution in [0.15, 0.2) is 66.7 Å². The van der Waals surface area contributed by atoms with Crippen molar-refractivity contribution in [2.75, 3.05) is 6.54 Å². The van der Waals surface area contributed by atoms with Gasteiger partial charge in [-0.05, 0) is 0 Å². The molecule has 4 rings (SSSR count). The van der Waals surface area contributed by atoms with Gasteiger partial charge >= 0.3 is 184 Å². The number of rotatable bonds is 2. The van der Waals surface area contributed by atoms with Crippen molar-refractivity contribution in [2.45, 2.75) is 40.9 Å². The summed E-state index contributed by atoms with van der Waals surface area (Å²) in [4.78, 5) is 15.3. The molecule has 0 aromatic heterocycles. The van der Waals surface area contributed by atoms with Crippen molar-refractivity contribution in [1.82, 2.24) is 4.90 Å². The number of carbonyl (C=O) groups excluding carboxylic acids is 1. The van der Waals surface area contributed by atoms with E-state index in [1.54, 1.807) is 0 Å². The number of fused-ring (bicyclic) bond motifs is 2. The van der Waals surface area contributed by atoms with Gasteiger partial charge in [-0.25, -0.2) is 0 Å². The first-order chi connectivity index (χ1) is 13.2. The van der Waals surface area contributed by atoms with E-state index >= 15 is 0 Å². The van der Waals surface area contributed by atoms with Crippen LogP contribution in [0, 0.1) is 0 Å². The van der Waals surface area contributed by atoms with Crippen LogP contribution >= 0.6 is 23.2 Å². The van der Waals surface area contributed by atoms with Gasteiger partial charge in [0.15, 0.2) is 0 Å². The Labute approximate surface area is 183 Å². The number of nitrogens with zero attached hydrogens (tertiary/aromatic N) is 1. The fraction of sp³-hybridized carbons (Fsp3) is 0.348. The van der Waals surface area contributed by atoms with Gasteiger partial charge in [0.1, 0.15) is 0 Å². The van der Waals surface area contributed by atoms with E-state index in [1.807, 2.05) is 37.8 Å². The van der Waals surface area contributed by atoms with E-state index in [0.29, 0.717) is 11.4 Å². The molecule has 0 bridgehead atoms. The molecule has 2 aliphatic rings. The maximum absolute atomic E-state index is 13.2. The van der Waals surface area contributed by atoms with Gasteiger partial charge in [0, 0.05) is 0 Å². The van der Waals surface area contributed by atoms with Crippen LogP contribution in [0.4, 0.5) is 0 Å². The average Bonchev–Trinajstić information content (AvgIpc) is 2.86. The Kier molecular flexibility index (Phi) is 4.95. The van der Waals surface area contributed by atoms with Crippen molar-refractivity contribution >= 4 is 48.5 Å². The van der Waals surface area contributed by atoms with E-state index < -0.39 is 9.75 Å². The second-order valence-electron chi connectivity index (χ2n) is 8.41. The molecule has 2 aromatic rings. The monoisotopic (exact) mass is 479 g/mol. The van der Waals surface area contributed by atoms with Crippen molar-refractivity contribution in [3.05, 3.63) is 77.9 Å². The van der Waals surface area contributed by atoms with Crippen molar-refractivity contribution in [2.24, 2.45) is 0 Å². The van der Waals surface area contributed by atoms with Gasteiger partial charge in [0.2, 0.25) is 0 Å². The van der Waals surface area contributed by atoms with Crippen LogP contribution in [0.1, 0.15) is 36.7 Å². The first-order valence-electron chi connectivity index (χ1n) is 9.37. The molecule has 2 unspecified atom stereocenters. The molecule has 5 heteroatoms. The van der Waals surface area contributed by atoms with Crippen LogP contribution in [0.5, 0.6) is 0 Å². The summed E-state index contributed by atoms with van der Waals surface area (Å²) in [5, 5.41) is 0. The van der Waals surface area contributed by atoms with E-state index in [9.17, 15) is 4.79 Å². The first kappa shape index (κ1) is 20.0. The van der Waals surface area contributed by atoms with Crippen molar-refractivity contribution in [3.8, 4) is 0 Å². The molecule has 0 N–H and O–H groups in total. The summed E-state index contributed by atoms with van der Waals surface area (Å²) in [6.45, 7) is 6.55. The van der Waals surface area contributed by atoms with E-state index in [2.05, 4.69) is 54.6 Å². The van der Waals surface area contributed by atoms with Crippen molar-refractivity contribution < 1.29 is 4.79 Å². The maximum atomic E-state index is 13.2. The third kappa shape index (κ3) is 3.04. The zero-order chi connectivity index (χ0) is 20.2. The number of hydrogen-bond donors (Lipinski definition) is 0. The molecule has 1 fully saturated rings. The molecule has 1 amide bonds. The fourth-order valence-electron chi connectivity index (χ4n) is 4.08. The van der Waals surface area contributed by atoms with Gasteiger partial charge in [-0.3, -0.25) is 0 Å². The minimum atomic E-state index is -1.52. The molecule has 1 heterocycles. The zero-order valence-electron chi connectivity index (χ0n) is 16.2. The van der Waals surface area contributed by atoms with Crippen LogP contribution in [0.2, 0.25) is 0 Å². The van der Waals surface area contributed by atoms with Crippen LogP contribution in [0.3, 0.4) is 0 Å². The fourth-order valence-corrected chi connectivity index (χ4v) is 7.03. The molecule has 28 heavy (non-hydrogen) atoms. The molecule has 0 radical (unpaired) electrons. The molecule has 0 saturated carbocycles. The van der Waals surface area contributed by atoms with Gasteiger partial charge in [0.25, 0.3) is 0 Å². The Bertz CT molecular complexity index is 935. The Hall–Kier alpha value is -1.25. The van der Waals surface area contributed by atoms with Gasteiger partial charge in [0.05, 0.1) is 0 Å². The first-order valence-corrected chi connectivity index (χ1v) is 12.0. The minimum absolute atomic E-state index is 0.213. The molecule has 1 aliphatic heterocycles. The van der Waals surface area contributed by atoms with Gasteiger partial charge in [-0.1, -0.05) is 0 Å². The summed E-state index contributed by atoms with van der Waals surface area (Å²) in [5.74, 6) is -0.213. The summed E-state index contributed by atoms with van der Waals surface area (Å²) < 4.78 is -0.172. The van der Waals surface area contributed by atoms with E-state index in [4.69, 9.17) is 23.2 Å². The molecule has 2 atom stereocenters. The number of likely N-dealkylation sites (tertiary alicyclic amines) is 1. The number of amides is 1. The van der Waals surface area contributed by atoms with Crippen LogP contribution in [-0.2, 0) is 10.2 Å². The van der Waals surface area contributed by atoms with E-state index in [-0.39, 0.29) is 26.4 Å². The predicted molar refractivity (Wildman–Crippen MR) is 118 cm³/mol. The summed E-state index contributed by atoms with van der Waals surface area (Å²) in [5.41, 5.74) is 1.22. The molecular formula is C23H23Cl2NOSe. The van der Waals surface area contributed by atoms with E-state index in [0.717, 1.165) is 5.56 Å². The number of benzene rings is 2.